The molecule has 0 fully saturated rings. The molecule has 0 spiro atoms. The Kier molecular flexibility index (Phi) is 3.79. The molecular weight excluding hydrogens is 197 g/mol. The van der Waals surface area contributed by atoms with Gasteiger partial charge in [0.1, 0.15) is 5.82 Å². The van der Waals surface area contributed by atoms with Gasteiger partial charge in [-0.15, -0.1) is 0 Å². The van der Waals surface area contributed by atoms with Gasteiger partial charge in [0.2, 0.25) is 0 Å². The van der Waals surface area contributed by atoms with Crippen LogP contribution in [-0.4, -0.2) is 11.7 Å². The number of urea groups is 1. The standard InChI is InChI=1S/C10H12FN3O/c1-2-9(13-14-10(12)15)7-3-5-8(11)6-4-7/h3-6H,2H2,1H3,(H3,12,14,15)/b13-9-. The molecule has 5 heteroatoms. The monoisotopic (exact) mass is 209 g/mol. The summed E-state index contributed by atoms with van der Waals surface area (Å²) in [4.78, 5) is 10.4. The smallest absolute Gasteiger partial charge is 0.332 e. The Hall–Kier alpha value is -1.91. The number of nitrogens with zero attached hydrogens (tertiary/aromatic N) is 1. The van der Waals surface area contributed by atoms with Crippen LogP contribution in [0.25, 0.3) is 0 Å². The minimum absolute atomic E-state index is 0.308. The lowest BCUT2D eigenvalue weighted by molar-refractivity contribution is 0.249. The number of halogens is 1. The van der Waals surface area contributed by atoms with Crippen molar-refractivity contribution in [2.45, 2.75) is 13.3 Å². The number of hydrogen-bond acceptors (Lipinski definition) is 2. The number of hydrogen-bond donors (Lipinski definition) is 2. The van der Waals surface area contributed by atoms with Crippen molar-refractivity contribution < 1.29 is 9.18 Å². The Balaban J connectivity index is 2.87. The van der Waals surface area contributed by atoms with Crippen LogP contribution in [0.1, 0.15) is 18.9 Å². The summed E-state index contributed by atoms with van der Waals surface area (Å²) in [7, 11) is 0. The summed E-state index contributed by atoms with van der Waals surface area (Å²) in [6.45, 7) is 1.88. The van der Waals surface area contributed by atoms with Crippen molar-refractivity contribution in [2.75, 3.05) is 0 Å². The number of hydrazone groups is 1. The molecule has 15 heavy (non-hydrogen) atoms. The largest absolute Gasteiger partial charge is 0.350 e. The zero-order valence-corrected chi connectivity index (χ0v) is 8.33. The molecule has 1 aromatic rings. The van der Waals surface area contributed by atoms with Gasteiger partial charge in [0, 0.05) is 0 Å². The summed E-state index contributed by atoms with van der Waals surface area (Å²) in [5, 5.41) is 3.81. The molecule has 0 atom stereocenters. The van der Waals surface area contributed by atoms with Crippen LogP contribution in [0.5, 0.6) is 0 Å². The first-order valence-corrected chi connectivity index (χ1v) is 4.51. The highest BCUT2D eigenvalue weighted by atomic mass is 19.1. The second-order valence-corrected chi connectivity index (χ2v) is 2.89. The zero-order chi connectivity index (χ0) is 11.3. The molecule has 0 radical (unpaired) electrons. The van der Waals surface area contributed by atoms with Gasteiger partial charge in [0.05, 0.1) is 5.71 Å². The number of nitrogens with one attached hydrogen (secondary N) is 1. The van der Waals surface area contributed by atoms with Gasteiger partial charge in [-0.2, -0.15) is 5.10 Å². The second kappa shape index (κ2) is 5.09. The number of carbonyl (C=O) groups is 1. The van der Waals surface area contributed by atoms with Crippen LogP contribution in [0.2, 0.25) is 0 Å². The Bertz CT molecular complexity index is 373. The zero-order valence-electron chi connectivity index (χ0n) is 8.33. The predicted octanol–water partition coefficient (Wildman–Crippen LogP) is 1.61. The normalized spacial score (nSPS) is 11.2. The summed E-state index contributed by atoms with van der Waals surface area (Å²) in [6.07, 6.45) is 0.617. The number of amides is 2. The molecule has 80 valence electrons. The first-order chi connectivity index (χ1) is 7.13. The SMILES string of the molecule is CC/C(=N/NC(N)=O)c1ccc(F)cc1. The number of nitrogens with two attached hydrogens (primary N) is 1. The maximum atomic E-state index is 12.6. The topological polar surface area (TPSA) is 67.5 Å². The van der Waals surface area contributed by atoms with E-state index in [2.05, 4.69) is 10.5 Å². The van der Waals surface area contributed by atoms with E-state index in [1.807, 2.05) is 6.92 Å². The molecule has 3 N–H and O–H groups in total. The van der Waals surface area contributed by atoms with Crippen molar-refractivity contribution in [2.24, 2.45) is 10.8 Å². The Morgan fingerprint density at radius 2 is 2.07 bits per heavy atom. The van der Waals surface area contributed by atoms with E-state index < -0.39 is 6.03 Å². The third kappa shape index (κ3) is 3.38. The first kappa shape index (κ1) is 11.2. The maximum Gasteiger partial charge on any atom is 0.332 e. The second-order valence-electron chi connectivity index (χ2n) is 2.89. The molecule has 0 saturated heterocycles. The van der Waals surface area contributed by atoms with Gasteiger partial charge in [-0.25, -0.2) is 14.6 Å². The van der Waals surface area contributed by atoms with Gasteiger partial charge in [0.25, 0.3) is 0 Å². The Morgan fingerprint density at radius 3 is 2.53 bits per heavy atom. The van der Waals surface area contributed by atoms with Crippen LogP contribution in [0.15, 0.2) is 29.4 Å². The fraction of sp³-hybridized carbons (Fsp3) is 0.200. The maximum absolute atomic E-state index is 12.6. The van der Waals surface area contributed by atoms with E-state index in [0.717, 1.165) is 5.56 Å². The van der Waals surface area contributed by atoms with Crippen LogP contribution >= 0.6 is 0 Å². The molecule has 4 nitrogen and oxygen atoms in total. The van der Waals surface area contributed by atoms with Crippen molar-refractivity contribution in [1.29, 1.82) is 0 Å². The van der Waals surface area contributed by atoms with E-state index in [4.69, 9.17) is 5.73 Å². The highest BCUT2D eigenvalue weighted by molar-refractivity contribution is 6.00. The summed E-state index contributed by atoms with van der Waals surface area (Å²) in [6, 6.07) is 5.15. The summed E-state index contributed by atoms with van der Waals surface area (Å²) in [5.41, 5.74) is 8.43. The Morgan fingerprint density at radius 1 is 1.47 bits per heavy atom. The summed E-state index contributed by atoms with van der Waals surface area (Å²) >= 11 is 0. The fourth-order valence-corrected chi connectivity index (χ4v) is 1.11. The molecule has 0 saturated carbocycles. The quantitative estimate of drug-likeness (QED) is 0.576. The lowest BCUT2D eigenvalue weighted by Crippen LogP contribution is -2.25. The summed E-state index contributed by atoms with van der Waals surface area (Å²) < 4.78 is 12.6. The molecule has 0 bridgehead atoms. The third-order valence-corrected chi connectivity index (χ3v) is 1.81. The lowest BCUT2D eigenvalue weighted by Gasteiger charge is -2.03. The molecular formula is C10H12FN3O. The van der Waals surface area contributed by atoms with E-state index in [-0.39, 0.29) is 5.82 Å². The van der Waals surface area contributed by atoms with Crippen molar-refractivity contribution >= 4 is 11.7 Å². The minimum atomic E-state index is -0.719. The molecule has 0 aliphatic carbocycles. The average Bonchev–Trinajstić information content (AvgIpc) is 2.21. The molecule has 0 aromatic heterocycles. The number of carbonyl (C=O) groups excluding carboxylic acids is 1. The van der Waals surface area contributed by atoms with E-state index in [1.54, 1.807) is 12.1 Å². The van der Waals surface area contributed by atoms with Gasteiger partial charge < -0.3 is 5.73 Å². The highest BCUT2D eigenvalue weighted by Crippen LogP contribution is 2.06. The molecule has 0 aliphatic rings. The first-order valence-electron chi connectivity index (χ1n) is 4.51. The molecule has 1 rings (SSSR count). The van der Waals surface area contributed by atoms with Gasteiger partial charge in [-0.1, -0.05) is 19.1 Å². The van der Waals surface area contributed by atoms with Crippen molar-refractivity contribution in [3.05, 3.63) is 35.6 Å². The van der Waals surface area contributed by atoms with Crippen LogP contribution in [-0.2, 0) is 0 Å². The van der Waals surface area contributed by atoms with E-state index in [9.17, 15) is 9.18 Å². The van der Waals surface area contributed by atoms with Crippen LogP contribution in [0, 0.1) is 5.82 Å². The van der Waals surface area contributed by atoms with Gasteiger partial charge >= 0.3 is 6.03 Å². The molecule has 2 amide bonds. The van der Waals surface area contributed by atoms with Gasteiger partial charge in [-0.3, -0.25) is 0 Å². The van der Waals surface area contributed by atoms with E-state index in [0.29, 0.717) is 12.1 Å². The van der Waals surface area contributed by atoms with E-state index in [1.165, 1.54) is 12.1 Å². The highest BCUT2D eigenvalue weighted by Gasteiger charge is 2.01. The lowest BCUT2D eigenvalue weighted by atomic mass is 10.1. The van der Waals surface area contributed by atoms with Gasteiger partial charge in [0.15, 0.2) is 0 Å². The number of rotatable bonds is 3. The number of benzene rings is 1. The average molecular weight is 209 g/mol. The number of primary amides is 1. The minimum Gasteiger partial charge on any atom is -0.350 e. The van der Waals surface area contributed by atoms with Crippen molar-refractivity contribution in [1.82, 2.24) is 5.43 Å². The molecule has 0 heterocycles. The fourth-order valence-electron chi connectivity index (χ4n) is 1.11. The van der Waals surface area contributed by atoms with Crippen LogP contribution in [0.3, 0.4) is 0 Å². The van der Waals surface area contributed by atoms with Crippen molar-refractivity contribution in [3.63, 3.8) is 0 Å². The van der Waals surface area contributed by atoms with Gasteiger partial charge in [-0.05, 0) is 24.1 Å². The molecule has 1 aromatic carbocycles. The van der Waals surface area contributed by atoms with Crippen molar-refractivity contribution in [3.8, 4) is 0 Å². The molecule has 0 aliphatic heterocycles. The van der Waals surface area contributed by atoms with E-state index >= 15 is 0 Å². The summed E-state index contributed by atoms with van der Waals surface area (Å²) in [5.74, 6) is -0.308. The van der Waals surface area contributed by atoms with Crippen LogP contribution < -0.4 is 11.2 Å². The molecule has 0 unspecified atom stereocenters. The van der Waals surface area contributed by atoms with Crippen LogP contribution in [0.4, 0.5) is 9.18 Å². The predicted molar refractivity (Wildman–Crippen MR) is 55.9 cm³/mol. The third-order valence-electron chi connectivity index (χ3n) is 1.81. The Labute approximate surface area is 87.0 Å².